The van der Waals surface area contributed by atoms with E-state index in [-0.39, 0.29) is 18.5 Å². The van der Waals surface area contributed by atoms with Crippen molar-refractivity contribution in [2.24, 2.45) is 4.99 Å². The Morgan fingerprint density at radius 1 is 1.38 bits per heavy atom. The van der Waals surface area contributed by atoms with Crippen LogP contribution in [0.1, 0.15) is 16.8 Å². The second-order valence-electron chi connectivity index (χ2n) is 4.15. The van der Waals surface area contributed by atoms with Crippen molar-refractivity contribution in [3.8, 4) is 0 Å². The van der Waals surface area contributed by atoms with Crippen molar-refractivity contribution < 1.29 is 9.18 Å². The molecule has 1 aromatic carbocycles. The average molecular weight is 218 g/mol. The van der Waals surface area contributed by atoms with Gasteiger partial charge in [0.2, 0.25) is 0 Å². The molecular formula is C12H11FN2O. The fourth-order valence-electron chi connectivity index (χ4n) is 2.28. The van der Waals surface area contributed by atoms with Gasteiger partial charge in [-0.3, -0.25) is 9.79 Å². The van der Waals surface area contributed by atoms with Crippen molar-refractivity contribution in [3.63, 3.8) is 0 Å². The Morgan fingerprint density at radius 2 is 2.19 bits per heavy atom. The first-order chi connectivity index (χ1) is 7.75. The van der Waals surface area contributed by atoms with Gasteiger partial charge >= 0.3 is 0 Å². The van der Waals surface area contributed by atoms with E-state index in [1.54, 1.807) is 29.3 Å². The van der Waals surface area contributed by atoms with Crippen molar-refractivity contribution in [1.82, 2.24) is 4.90 Å². The molecule has 0 N–H and O–H groups in total. The number of carbonyl (C=O) groups excluding carboxylic acids is 1. The number of rotatable bonds is 0. The largest absolute Gasteiger partial charge is 0.328 e. The standard InChI is InChI=1S/C12H11FN2O/c13-8-5-9-6-14-11-4-2-1-3-10(11)12(16)15(9)7-8/h1-4,6,8-9H,5,7H2/t8-,9-/m0/s1. The highest BCUT2D eigenvalue weighted by molar-refractivity contribution is 6.02. The molecule has 4 heteroatoms. The average Bonchev–Trinajstić information content (AvgIpc) is 2.62. The number of aliphatic imine (C=N–C) groups is 1. The number of benzene rings is 1. The van der Waals surface area contributed by atoms with Crippen molar-refractivity contribution in [1.29, 1.82) is 0 Å². The van der Waals surface area contributed by atoms with Crippen LogP contribution in [-0.2, 0) is 0 Å². The van der Waals surface area contributed by atoms with E-state index in [4.69, 9.17) is 0 Å². The summed E-state index contributed by atoms with van der Waals surface area (Å²) in [5.41, 5.74) is 1.24. The molecule has 3 nitrogen and oxygen atoms in total. The molecule has 3 rings (SSSR count). The highest BCUT2D eigenvalue weighted by Crippen LogP contribution is 2.29. The minimum Gasteiger partial charge on any atom is -0.328 e. The van der Waals surface area contributed by atoms with E-state index in [0.717, 1.165) is 0 Å². The van der Waals surface area contributed by atoms with Gasteiger partial charge in [0.1, 0.15) is 6.17 Å². The van der Waals surface area contributed by atoms with E-state index in [9.17, 15) is 9.18 Å². The van der Waals surface area contributed by atoms with Crippen LogP contribution in [0.3, 0.4) is 0 Å². The number of carbonyl (C=O) groups is 1. The summed E-state index contributed by atoms with van der Waals surface area (Å²) in [6.45, 7) is 0.184. The Morgan fingerprint density at radius 3 is 3.06 bits per heavy atom. The third kappa shape index (κ3) is 1.33. The smallest absolute Gasteiger partial charge is 0.256 e. The predicted octanol–water partition coefficient (Wildman–Crippen LogP) is 1.96. The molecule has 0 aromatic heterocycles. The van der Waals surface area contributed by atoms with Crippen LogP contribution in [0, 0.1) is 0 Å². The number of para-hydroxylation sites is 1. The lowest BCUT2D eigenvalue weighted by atomic mass is 10.1. The topological polar surface area (TPSA) is 32.7 Å². The molecule has 0 aliphatic carbocycles. The fourth-order valence-corrected chi connectivity index (χ4v) is 2.28. The number of halogens is 1. The third-order valence-electron chi connectivity index (χ3n) is 3.07. The van der Waals surface area contributed by atoms with Crippen LogP contribution < -0.4 is 0 Å². The minimum absolute atomic E-state index is 0.113. The normalized spacial score (nSPS) is 27.6. The molecule has 0 saturated carbocycles. The van der Waals surface area contributed by atoms with Crippen LogP contribution in [0.25, 0.3) is 0 Å². The summed E-state index contributed by atoms with van der Waals surface area (Å²) in [4.78, 5) is 18.0. The summed E-state index contributed by atoms with van der Waals surface area (Å²) in [5.74, 6) is -0.113. The van der Waals surface area contributed by atoms with Crippen molar-refractivity contribution >= 4 is 17.8 Å². The maximum absolute atomic E-state index is 13.3. The van der Waals surface area contributed by atoms with Gasteiger partial charge in [0.05, 0.1) is 23.8 Å². The first-order valence-corrected chi connectivity index (χ1v) is 5.34. The van der Waals surface area contributed by atoms with Gasteiger partial charge in [0, 0.05) is 12.6 Å². The van der Waals surface area contributed by atoms with Gasteiger partial charge < -0.3 is 4.90 Å². The molecule has 16 heavy (non-hydrogen) atoms. The van der Waals surface area contributed by atoms with Gasteiger partial charge in [0.15, 0.2) is 0 Å². The van der Waals surface area contributed by atoms with Crippen molar-refractivity contribution in [3.05, 3.63) is 29.8 Å². The number of amides is 1. The van der Waals surface area contributed by atoms with Crippen LogP contribution in [0.15, 0.2) is 29.3 Å². The van der Waals surface area contributed by atoms with Gasteiger partial charge in [-0.15, -0.1) is 0 Å². The maximum Gasteiger partial charge on any atom is 0.256 e. The molecule has 2 aliphatic rings. The molecule has 0 spiro atoms. The zero-order valence-electron chi connectivity index (χ0n) is 8.64. The number of nitrogens with zero attached hydrogens (tertiary/aromatic N) is 2. The zero-order chi connectivity index (χ0) is 11.1. The van der Waals surface area contributed by atoms with E-state index >= 15 is 0 Å². The van der Waals surface area contributed by atoms with Crippen LogP contribution in [-0.4, -0.2) is 35.8 Å². The number of fused-ring (bicyclic) bond motifs is 2. The van der Waals surface area contributed by atoms with Crippen LogP contribution >= 0.6 is 0 Å². The molecule has 1 aromatic rings. The third-order valence-corrected chi connectivity index (χ3v) is 3.07. The lowest BCUT2D eigenvalue weighted by Gasteiger charge is -2.19. The van der Waals surface area contributed by atoms with Gasteiger partial charge in [0.25, 0.3) is 5.91 Å². The van der Waals surface area contributed by atoms with Gasteiger partial charge in [-0.25, -0.2) is 4.39 Å². The fraction of sp³-hybridized carbons (Fsp3) is 0.333. The molecule has 1 fully saturated rings. The van der Waals surface area contributed by atoms with E-state index < -0.39 is 6.17 Å². The van der Waals surface area contributed by atoms with Gasteiger partial charge in [-0.1, -0.05) is 12.1 Å². The van der Waals surface area contributed by atoms with Gasteiger partial charge in [-0.2, -0.15) is 0 Å². The van der Waals surface area contributed by atoms with Crippen molar-refractivity contribution in [2.45, 2.75) is 18.6 Å². The lowest BCUT2D eigenvalue weighted by Crippen LogP contribution is -2.35. The monoisotopic (exact) mass is 218 g/mol. The Balaban J connectivity index is 2.07. The summed E-state index contributed by atoms with van der Waals surface area (Å²) in [6.07, 6.45) is 1.12. The van der Waals surface area contributed by atoms with E-state index in [2.05, 4.69) is 4.99 Å². The molecule has 0 bridgehead atoms. The lowest BCUT2D eigenvalue weighted by molar-refractivity contribution is 0.0766. The molecule has 82 valence electrons. The Bertz CT molecular complexity index is 472. The van der Waals surface area contributed by atoms with E-state index in [0.29, 0.717) is 17.7 Å². The molecule has 0 unspecified atom stereocenters. The summed E-state index contributed by atoms with van der Waals surface area (Å²) in [6, 6.07) is 7.00. The molecule has 2 aliphatic heterocycles. The Hall–Kier alpha value is -1.71. The first kappa shape index (κ1) is 9.51. The second kappa shape index (κ2) is 3.40. The van der Waals surface area contributed by atoms with Crippen LogP contribution in [0.4, 0.5) is 10.1 Å². The number of alkyl halides is 1. The van der Waals surface area contributed by atoms with Crippen molar-refractivity contribution in [2.75, 3.05) is 6.54 Å². The maximum atomic E-state index is 13.3. The SMILES string of the molecule is O=C1c2ccccc2N=C[C@@H]2C[C@H](F)CN12. The molecule has 2 atom stereocenters. The highest BCUT2D eigenvalue weighted by Gasteiger charge is 2.36. The molecule has 1 saturated heterocycles. The van der Waals surface area contributed by atoms with E-state index in [1.165, 1.54) is 0 Å². The summed E-state index contributed by atoms with van der Waals surface area (Å²) < 4.78 is 13.3. The predicted molar refractivity (Wildman–Crippen MR) is 58.9 cm³/mol. The van der Waals surface area contributed by atoms with Crippen LogP contribution in [0.5, 0.6) is 0 Å². The first-order valence-electron chi connectivity index (χ1n) is 5.34. The Labute approximate surface area is 92.6 Å². The van der Waals surface area contributed by atoms with Gasteiger partial charge in [-0.05, 0) is 12.1 Å². The zero-order valence-corrected chi connectivity index (χ0v) is 8.64. The van der Waals surface area contributed by atoms with Crippen LogP contribution in [0.2, 0.25) is 0 Å². The minimum atomic E-state index is -0.925. The summed E-state index contributed by atoms with van der Waals surface area (Å²) in [5, 5.41) is 0. The number of hydrogen-bond donors (Lipinski definition) is 0. The second-order valence-corrected chi connectivity index (χ2v) is 4.15. The molecule has 2 heterocycles. The molecule has 0 radical (unpaired) electrons. The quantitative estimate of drug-likeness (QED) is 0.655. The number of hydrogen-bond acceptors (Lipinski definition) is 2. The van der Waals surface area contributed by atoms with E-state index in [1.807, 2.05) is 6.07 Å². The summed E-state index contributed by atoms with van der Waals surface area (Å²) >= 11 is 0. The molecular weight excluding hydrogens is 207 g/mol. The Kier molecular flexibility index (Phi) is 2.02. The highest BCUT2D eigenvalue weighted by atomic mass is 19.1. The molecule has 1 amide bonds. The summed E-state index contributed by atoms with van der Waals surface area (Å²) in [7, 11) is 0.